The van der Waals surface area contributed by atoms with E-state index in [0.717, 1.165) is 5.56 Å². The van der Waals surface area contributed by atoms with Crippen molar-refractivity contribution in [2.75, 3.05) is 38.3 Å². The average molecular weight is 503 g/mol. The quantitative estimate of drug-likeness (QED) is 0.560. The first-order chi connectivity index (χ1) is 16.8. The van der Waals surface area contributed by atoms with Crippen molar-refractivity contribution in [2.45, 2.75) is 37.7 Å². The molecule has 0 aliphatic carbocycles. The number of ether oxygens (including phenoxy) is 3. The molecule has 1 amide bonds. The topological polar surface area (TPSA) is 102 Å². The van der Waals surface area contributed by atoms with Crippen LogP contribution in [0.2, 0.25) is 0 Å². The molecule has 2 heterocycles. The van der Waals surface area contributed by atoms with Crippen LogP contribution in [0.3, 0.4) is 0 Å². The number of piperidine rings is 1. The number of aryl methyl sites for hydroxylation is 1. The molecule has 1 saturated heterocycles. The molecule has 0 unspecified atom stereocenters. The molecule has 1 atom stereocenters. The fourth-order valence-electron chi connectivity index (χ4n) is 4.51. The molecule has 2 aromatic rings. The molecule has 10 heteroatoms. The number of sulfonamides is 1. The zero-order valence-corrected chi connectivity index (χ0v) is 20.9. The standard InChI is InChI=1S/C25H30N2O7S/c1-4-33-21-10-9-19(15-17(21)2)35(30,31)26-13-11-18(12-14-26)24(28)27-16-23(25(29)32-3)34-22-8-6-5-7-20(22)27/h5-10,15,18,23H,4,11-14,16H2,1-3H3/t23-/m1/s1. The number of fused-ring (bicyclic) bond motifs is 1. The van der Waals surface area contributed by atoms with E-state index >= 15 is 0 Å². The van der Waals surface area contributed by atoms with Crippen LogP contribution in [-0.4, -0.2) is 64.1 Å². The number of methoxy groups -OCH3 is 1. The number of anilines is 1. The van der Waals surface area contributed by atoms with Gasteiger partial charge in [-0.25, -0.2) is 13.2 Å². The summed E-state index contributed by atoms with van der Waals surface area (Å²) in [7, 11) is -2.41. The van der Waals surface area contributed by atoms with Crippen molar-refractivity contribution in [2.24, 2.45) is 5.92 Å². The van der Waals surface area contributed by atoms with Crippen molar-refractivity contribution in [1.29, 1.82) is 0 Å². The van der Waals surface area contributed by atoms with Crippen LogP contribution in [0, 0.1) is 12.8 Å². The van der Waals surface area contributed by atoms with E-state index in [4.69, 9.17) is 14.2 Å². The highest BCUT2D eigenvalue weighted by molar-refractivity contribution is 7.89. The molecule has 2 aromatic carbocycles. The Kier molecular flexibility index (Phi) is 7.32. The first-order valence-electron chi connectivity index (χ1n) is 11.6. The van der Waals surface area contributed by atoms with Gasteiger partial charge in [0.1, 0.15) is 11.5 Å². The molecule has 2 aliphatic rings. The second-order valence-electron chi connectivity index (χ2n) is 8.58. The number of carbonyl (C=O) groups is 2. The van der Waals surface area contributed by atoms with Crippen molar-refractivity contribution in [1.82, 2.24) is 4.31 Å². The van der Waals surface area contributed by atoms with Gasteiger partial charge in [-0.15, -0.1) is 0 Å². The molecule has 35 heavy (non-hydrogen) atoms. The number of carbonyl (C=O) groups excluding carboxylic acids is 2. The molecule has 2 aliphatic heterocycles. The highest BCUT2D eigenvalue weighted by Crippen LogP contribution is 2.36. The molecule has 0 radical (unpaired) electrons. The van der Waals surface area contributed by atoms with Crippen molar-refractivity contribution < 1.29 is 32.2 Å². The van der Waals surface area contributed by atoms with Crippen LogP contribution in [0.5, 0.6) is 11.5 Å². The van der Waals surface area contributed by atoms with E-state index in [1.165, 1.54) is 11.4 Å². The largest absolute Gasteiger partial charge is 0.494 e. The SMILES string of the molecule is CCOc1ccc(S(=O)(=O)N2CCC(C(=O)N3C[C@H](C(=O)OC)Oc4ccccc43)CC2)cc1C. The summed E-state index contributed by atoms with van der Waals surface area (Å²) in [5, 5.41) is 0. The van der Waals surface area contributed by atoms with Crippen LogP contribution in [0.15, 0.2) is 47.4 Å². The molecule has 9 nitrogen and oxygen atoms in total. The number of rotatable bonds is 6. The highest BCUT2D eigenvalue weighted by atomic mass is 32.2. The molecular formula is C25H30N2O7S. The van der Waals surface area contributed by atoms with Gasteiger partial charge in [0.2, 0.25) is 22.0 Å². The average Bonchev–Trinajstić information content (AvgIpc) is 2.88. The summed E-state index contributed by atoms with van der Waals surface area (Å²) in [6.45, 7) is 4.71. The zero-order valence-electron chi connectivity index (χ0n) is 20.1. The van der Waals surface area contributed by atoms with Crippen LogP contribution in [0.4, 0.5) is 5.69 Å². The Morgan fingerprint density at radius 2 is 1.83 bits per heavy atom. The normalized spacial score (nSPS) is 18.9. The summed E-state index contributed by atoms with van der Waals surface area (Å²) in [6.07, 6.45) is -0.144. The zero-order chi connectivity index (χ0) is 25.2. The number of esters is 1. The van der Waals surface area contributed by atoms with Gasteiger partial charge >= 0.3 is 5.97 Å². The summed E-state index contributed by atoms with van der Waals surface area (Å²) >= 11 is 0. The maximum Gasteiger partial charge on any atom is 0.348 e. The van der Waals surface area contributed by atoms with Gasteiger partial charge in [0.15, 0.2) is 0 Å². The van der Waals surface area contributed by atoms with Crippen LogP contribution in [0.25, 0.3) is 0 Å². The van der Waals surface area contributed by atoms with Crippen molar-refractivity contribution in [3.8, 4) is 11.5 Å². The van der Waals surface area contributed by atoms with Crippen molar-refractivity contribution in [3.05, 3.63) is 48.0 Å². The molecule has 0 aromatic heterocycles. The van der Waals surface area contributed by atoms with E-state index in [9.17, 15) is 18.0 Å². The Labute approximate surface area is 205 Å². The van der Waals surface area contributed by atoms with Gasteiger partial charge in [0.05, 0.1) is 30.8 Å². The highest BCUT2D eigenvalue weighted by Gasteiger charge is 2.39. The van der Waals surface area contributed by atoms with Crippen LogP contribution >= 0.6 is 0 Å². The number of benzene rings is 2. The third-order valence-corrected chi connectivity index (χ3v) is 8.29. The van der Waals surface area contributed by atoms with Crippen LogP contribution < -0.4 is 14.4 Å². The predicted octanol–water partition coefficient (Wildman–Crippen LogP) is 2.76. The third kappa shape index (κ3) is 4.99. The van der Waals surface area contributed by atoms with E-state index in [-0.39, 0.29) is 36.4 Å². The number of amides is 1. The number of nitrogens with zero attached hydrogens (tertiary/aromatic N) is 2. The minimum absolute atomic E-state index is 0.0481. The van der Waals surface area contributed by atoms with Gasteiger partial charge in [-0.2, -0.15) is 4.31 Å². The monoisotopic (exact) mass is 502 g/mol. The van der Waals surface area contributed by atoms with Gasteiger partial charge < -0.3 is 19.1 Å². The second kappa shape index (κ2) is 10.2. The van der Waals surface area contributed by atoms with Gasteiger partial charge in [-0.1, -0.05) is 12.1 Å². The van der Waals surface area contributed by atoms with E-state index in [0.29, 0.717) is 36.6 Å². The van der Waals surface area contributed by atoms with Crippen molar-refractivity contribution in [3.63, 3.8) is 0 Å². The maximum absolute atomic E-state index is 13.5. The smallest absolute Gasteiger partial charge is 0.348 e. The molecule has 188 valence electrons. The third-order valence-electron chi connectivity index (χ3n) is 6.39. The fourth-order valence-corrected chi connectivity index (χ4v) is 6.07. The lowest BCUT2D eigenvalue weighted by atomic mass is 9.95. The Morgan fingerprint density at radius 1 is 1.11 bits per heavy atom. The van der Waals surface area contributed by atoms with Gasteiger partial charge in [0, 0.05) is 19.0 Å². The lowest BCUT2D eigenvalue weighted by Crippen LogP contribution is -2.51. The molecule has 4 rings (SSSR count). The predicted molar refractivity (Wildman–Crippen MR) is 129 cm³/mol. The summed E-state index contributed by atoms with van der Waals surface area (Å²) in [6, 6.07) is 11.9. The summed E-state index contributed by atoms with van der Waals surface area (Å²) in [5.41, 5.74) is 1.35. The Bertz CT molecular complexity index is 1210. The molecule has 0 spiro atoms. The molecule has 0 bridgehead atoms. The van der Waals surface area contributed by atoms with Crippen LogP contribution in [0.1, 0.15) is 25.3 Å². The molecular weight excluding hydrogens is 472 g/mol. The number of hydrogen-bond acceptors (Lipinski definition) is 7. The summed E-state index contributed by atoms with van der Waals surface area (Å²) in [4.78, 5) is 27.4. The second-order valence-corrected chi connectivity index (χ2v) is 10.5. The Balaban J connectivity index is 1.47. The Morgan fingerprint density at radius 3 is 2.49 bits per heavy atom. The minimum Gasteiger partial charge on any atom is -0.494 e. The lowest BCUT2D eigenvalue weighted by molar-refractivity contribution is -0.148. The number of hydrogen-bond donors (Lipinski definition) is 0. The minimum atomic E-state index is -3.69. The first-order valence-corrected chi connectivity index (χ1v) is 13.1. The van der Waals surface area contributed by atoms with E-state index < -0.39 is 22.1 Å². The molecule has 1 fully saturated rings. The van der Waals surface area contributed by atoms with Crippen LogP contribution in [-0.2, 0) is 24.3 Å². The fraction of sp³-hybridized carbons (Fsp3) is 0.440. The van der Waals surface area contributed by atoms with E-state index in [2.05, 4.69) is 0 Å². The van der Waals surface area contributed by atoms with E-state index in [1.54, 1.807) is 47.4 Å². The van der Waals surface area contributed by atoms with Gasteiger partial charge in [-0.3, -0.25) is 4.79 Å². The first kappa shape index (κ1) is 25.0. The van der Waals surface area contributed by atoms with E-state index in [1.807, 2.05) is 13.8 Å². The van der Waals surface area contributed by atoms with Gasteiger partial charge in [0.25, 0.3) is 0 Å². The van der Waals surface area contributed by atoms with Crippen molar-refractivity contribution >= 4 is 27.6 Å². The van der Waals surface area contributed by atoms with Gasteiger partial charge in [-0.05, 0) is 62.6 Å². The summed E-state index contributed by atoms with van der Waals surface area (Å²) in [5.74, 6) is 0.0284. The maximum atomic E-state index is 13.5. The number of para-hydroxylation sites is 2. The Hall–Kier alpha value is -3.11. The summed E-state index contributed by atoms with van der Waals surface area (Å²) < 4.78 is 43.9. The molecule has 0 N–H and O–H groups in total. The molecule has 0 saturated carbocycles. The lowest BCUT2D eigenvalue weighted by Gasteiger charge is -2.37.